The number of benzene rings is 2. The predicted molar refractivity (Wildman–Crippen MR) is 83.5 cm³/mol. The van der Waals surface area contributed by atoms with E-state index in [2.05, 4.69) is 10.2 Å². The van der Waals surface area contributed by atoms with Crippen LogP contribution in [0.25, 0.3) is 22.0 Å². The second-order valence-electron chi connectivity index (χ2n) is 5.16. The zero-order chi connectivity index (χ0) is 15.7. The highest BCUT2D eigenvalue weighted by Crippen LogP contribution is 2.32. The number of aromatic nitrogens is 2. The van der Waals surface area contributed by atoms with Crippen molar-refractivity contribution >= 4 is 16.9 Å². The van der Waals surface area contributed by atoms with E-state index in [4.69, 9.17) is 4.74 Å². The summed E-state index contributed by atoms with van der Waals surface area (Å²) in [4.78, 5) is 11.8. The zero-order valence-electron chi connectivity index (χ0n) is 12.4. The molecule has 5 heteroatoms. The topological polar surface area (TPSA) is 75.2 Å². The highest BCUT2D eigenvalue weighted by molar-refractivity contribution is 5.98. The maximum atomic E-state index is 11.8. The van der Waals surface area contributed by atoms with E-state index in [9.17, 15) is 9.90 Å². The van der Waals surface area contributed by atoms with Crippen molar-refractivity contribution in [3.8, 4) is 11.1 Å². The Hall–Kier alpha value is -2.66. The Morgan fingerprint density at radius 2 is 2.14 bits per heavy atom. The molecule has 0 aliphatic heterocycles. The van der Waals surface area contributed by atoms with Gasteiger partial charge in [-0.3, -0.25) is 5.10 Å². The summed E-state index contributed by atoms with van der Waals surface area (Å²) in [7, 11) is 1.34. The van der Waals surface area contributed by atoms with Gasteiger partial charge in [0.25, 0.3) is 0 Å². The van der Waals surface area contributed by atoms with Crippen molar-refractivity contribution in [1.82, 2.24) is 10.2 Å². The lowest BCUT2D eigenvalue weighted by Crippen LogP contribution is -2.03. The number of H-pyrrole nitrogens is 1. The van der Waals surface area contributed by atoms with Crippen LogP contribution < -0.4 is 0 Å². The van der Waals surface area contributed by atoms with Gasteiger partial charge in [-0.15, -0.1) is 0 Å². The smallest absolute Gasteiger partial charge is 0.337 e. The van der Waals surface area contributed by atoms with Crippen molar-refractivity contribution < 1.29 is 14.6 Å². The van der Waals surface area contributed by atoms with Gasteiger partial charge in [-0.1, -0.05) is 6.07 Å². The fraction of sp³-hybridized carbons (Fsp3) is 0.176. The van der Waals surface area contributed by atoms with E-state index in [1.165, 1.54) is 7.11 Å². The Balaban J connectivity index is 2.28. The van der Waals surface area contributed by atoms with Gasteiger partial charge in [-0.05, 0) is 53.4 Å². The quantitative estimate of drug-likeness (QED) is 0.729. The lowest BCUT2D eigenvalue weighted by molar-refractivity contribution is 0.0600. The molecule has 0 bridgehead atoms. The van der Waals surface area contributed by atoms with E-state index in [1.54, 1.807) is 18.3 Å². The zero-order valence-corrected chi connectivity index (χ0v) is 12.4. The summed E-state index contributed by atoms with van der Waals surface area (Å²) in [5.74, 6) is -0.423. The molecule has 0 aliphatic rings. The number of aliphatic hydroxyl groups excluding tert-OH is 1. The summed E-state index contributed by atoms with van der Waals surface area (Å²) >= 11 is 0. The Morgan fingerprint density at radius 3 is 2.86 bits per heavy atom. The van der Waals surface area contributed by atoms with Gasteiger partial charge in [0, 0.05) is 5.39 Å². The van der Waals surface area contributed by atoms with E-state index in [-0.39, 0.29) is 6.61 Å². The normalized spacial score (nSPS) is 10.9. The number of aryl methyl sites for hydroxylation is 1. The van der Waals surface area contributed by atoms with E-state index < -0.39 is 5.97 Å². The molecule has 1 heterocycles. The monoisotopic (exact) mass is 296 g/mol. The molecule has 0 spiro atoms. The molecule has 2 N–H and O–H groups in total. The van der Waals surface area contributed by atoms with Crippen molar-refractivity contribution in [2.45, 2.75) is 13.5 Å². The summed E-state index contributed by atoms with van der Waals surface area (Å²) in [6, 6.07) is 9.26. The van der Waals surface area contributed by atoms with E-state index in [1.807, 2.05) is 25.1 Å². The first-order chi connectivity index (χ1) is 10.6. The molecule has 0 atom stereocenters. The number of nitrogens with zero attached hydrogens (tertiary/aromatic N) is 1. The van der Waals surface area contributed by atoms with Crippen LogP contribution in [0.3, 0.4) is 0 Å². The number of ether oxygens (including phenoxy) is 1. The van der Waals surface area contributed by atoms with Gasteiger partial charge < -0.3 is 9.84 Å². The fourth-order valence-corrected chi connectivity index (χ4v) is 2.67. The van der Waals surface area contributed by atoms with Crippen LogP contribution in [-0.4, -0.2) is 28.4 Å². The van der Waals surface area contributed by atoms with Crippen molar-refractivity contribution in [3.63, 3.8) is 0 Å². The number of aliphatic hydroxyl groups is 1. The number of nitrogens with one attached hydrogen (secondary N) is 1. The summed E-state index contributed by atoms with van der Waals surface area (Å²) in [6.45, 7) is 1.86. The molecule has 0 radical (unpaired) electrons. The Morgan fingerprint density at radius 1 is 1.32 bits per heavy atom. The van der Waals surface area contributed by atoms with Crippen LogP contribution in [0.1, 0.15) is 21.5 Å². The van der Waals surface area contributed by atoms with Crippen LogP contribution in [0.15, 0.2) is 36.5 Å². The first-order valence-electron chi connectivity index (χ1n) is 6.90. The first-order valence-corrected chi connectivity index (χ1v) is 6.90. The van der Waals surface area contributed by atoms with Gasteiger partial charge in [-0.2, -0.15) is 5.10 Å². The Bertz CT molecular complexity index is 852. The van der Waals surface area contributed by atoms with Crippen LogP contribution in [0.5, 0.6) is 0 Å². The molecule has 0 saturated heterocycles. The van der Waals surface area contributed by atoms with Gasteiger partial charge in [-0.25, -0.2) is 4.79 Å². The number of fused-ring (bicyclic) bond motifs is 1. The summed E-state index contributed by atoms with van der Waals surface area (Å²) in [5.41, 5.74) is 4.93. The number of hydrogen-bond acceptors (Lipinski definition) is 4. The van der Waals surface area contributed by atoms with Gasteiger partial charge in [0.15, 0.2) is 0 Å². The van der Waals surface area contributed by atoms with Gasteiger partial charge in [0.2, 0.25) is 0 Å². The third-order valence-electron chi connectivity index (χ3n) is 3.72. The van der Waals surface area contributed by atoms with Crippen LogP contribution in [-0.2, 0) is 11.3 Å². The van der Waals surface area contributed by atoms with Gasteiger partial charge >= 0.3 is 5.97 Å². The lowest BCUT2D eigenvalue weighted by atomic mass is 9.94. The van der Waals surface area contributed by atoms with E-state index >= 15 is 0 Å². The summed E-state index contributed by atoms with van der Waals surface area (Å²) < 4.78 is 4.79. The maximum absolute atomic E-state index is 11.8. The molecule has 0 saturated carbocycles. The average Bonchev–Trinajstić information content (AvgIpc) is 3.01. The lowest BCUT2D eigenvalue weighted by Gasteiger charge is -2.11. The highest BCUT2D eigenvalue weighted by atomic mass is 16.5. The fourth-order valence-electron chi connectivity index (χ4n) is 2.67. The largest absolute Gasteiger partial charge is 0.465 e. The average molecular weight is 296 g/mol. The summed E-state index contributed by atoms with van der Waals surface area (Å²) in [5, 5.41) is 17.5. The molecule has 5 nitrogen and oxygen atoms in total. The number of carbonyl (C=O) groups excluding carboxylic acids is 1. The third-order valence-corrected chi connectivity index (χ3v) is 3.72. The maximum Gasteiger partial charge on any atom is 0.337 e. The van der Waals surface area contributed by atoms with Crippen molar-refractivity contribution in [1.29, 1.82) is 0 Å². The molecule has 22 heavy (non-hydrogen) atoms. The molecular formula is C17H16N2O3. The van der Waals surface area contributed by atoms with Crippen molar-refractivity contribution in [2.24, 2.45) is 0 Å². The SMILES string of the molecule is COC(=O)c1cc(CO)cc(-c2c(C)ccc3[nH]ncc23)c1. The molecule has 0 fully saturated rings. The van der Waals surface area contributed by atoms with Crippen LogP contribution >= 0.6 is 0 Å². The van der Waals surface area contributed by atoms with Crippen LogP contribution in [0.2, 0.25) is 0 Å². The number of rotatable bonds is 3. The standard InChI is InChI=1S/C17H16N2O3/c1-10-3-4-15-14(8-18-19-15)16(10)12-5-11(9-20)6-13(7-12)17(21)22-2/h3-8,20H,9H2,1-2H3,(H,18,19). The van der Waals surface area contributed by atoms with Crippen LogP contribution in [0, 0.1) is 6.92 Å². The van der Waals surface area contributed by atoms with Crippen molar-refractivity contribution in [3.05, 3.63) is 53.2 Å². The van der Waals surface area contributed by atoms with Crippen molar-refractivity contribution in [2.75, 3.05) is 7.11 Å². The predicted octanol–water partition coefficient (Wildman–Crippen LogP) is 2.82. The minimum Gasteiger partial charge on any atom is -0.465 e. The minimum atomic E-state index is -0.423. The second-order valence-corrected chi connectivity index (χ2v) is 5.16. The second kappa shape index (κ2) is 5.61. The number of esters is 1. The molecule has 0 unspecified atom stereocenters. The van der Waals surface area contributed by atoms with Gasteiger partial charge in [0.1, 0.15) is 0 Å². The number of aromatic amines is 1. The van der Waals surface area contributed by atoms with E-state index in [0.29, 0.717) is 11.1 Å². The van der Waals surface area contributed by atoms with E-state index in [0.717, 1.165) is 27.6 Å². The van der Waals surface area contributed by atoms with Crippen LogP contribution in [0.4, 0.5) is 0 Å². The molecule has 1 aromatic heterocycles. The minimum absolute atomic E-state index is 0.141. The molecule has 3 rings (SSSR count). The molecule has 112 valence electrons. The number of carbonyl (C=O) groups is 1. The highest BCUT2D eigenvalue weighted by Gasteiger charge is 2.14. The molecule has 0 aliphatic carbocycles. The third kappa shape index (κ3) is 2.35. The first kappa shape index (κ1) is 14.3. The Labute approximate surface area is 127 Å². The molecule has 2 aromatic carbocycles. The number of hydrogen-bond donors (Lipinski definition) is 2. The van der Waals surface area contributed by atoms with Gasteiger partial charge in [0.05, 0.1) is 31.0 Å². The summed E-state index contributed by atoms with van der Waals surface area (Å²) in [6.07, 6.45) is 1.76. The molecular weight excluding hydrogens is 280 g/mol. The number of methoxy groups -OCH3 is 1. The molecule has 0 amide bonds. The molecule has 3 aromatic rings. The Kier molecular flexibility index (Phi) is 3.65.